The fourth-order valence-corrected chi connectivity index (χ4v) is 2.16. The van der Waals surface area contributed by atoms with E-state index in [2.05, 4.69) is 24.5 Å². The van der Waals surface area contributed by atoms with Gasteiger partial charge in [0, 0.05) is 6.04 Å². The van der Waals surface area contributed by atoms with Gasteiger partial charge in [-0.25, -0.2) is 4.79 Å². The number of amides is 2. The first kappa shape index (κ1) is 13.8. The standard InChI is InChI=1S/C12H22N2O3/c1-7-4-5-10(6-8(7)2)14-12(17)13-9(3)11(15)16/h7-10H,4-6H2,1-3H3,(H,15,16)(H2,13,14,17). The van der Waals surface area contributed by atoms with Gasteiger partial charge in [-0.1, -0.05) is 13.8 Å². The lowest BCUT2D eigenvalue weighted by atomic mass is 9.79. The quantitative estimate of drug-likeness (QED) is 0.703. The Kier molecular flexibility index (Phi) is 4.78. The summed E-state index contributed by atoms with van der Waals surface area (Å²) < 4.78 is 0. The highest BCUT2D eigenvalue weighted by Crippen LogP contribution is 2.29. The predicted molar refractivity (Wildman–Crippen MR) is 64.7 cm³/mol. The first-order chi connectivity index (χ1) is 7.90. The van der Waals surface area contributed by atoms with Crippen molar-refractivity contribution in [3.05, 3.63) is 0 Å². The Morgan fingerprint density at radius 3 is 2.41 bits per heavy atom. The second-order valence-corrected chi connectivity index (χ2v) is 5.14. The molecule has 4 atom stereocenters. The number of carboxylic acid groups (broad SMARTS) is 1. The van der Waals surface area contributed by atoms with E-state index in [9.17, 15) is 9.59 Å². The highest BCUT2D eigenvalue weighted by Gasteiger charge is 2.26. The van der Waals surface area contributed by atoms with Gasteiger partial charge >= 0.3 is 12.0 Å². The number of rotatable bonds is 3. The lowest BCUT2D eigenvalue weighted by Gasteiger charge is -2.32. The number of carbonyl (C=O) groups is 2. The second-order valence-electron chi connectivity index (χ2n) is 5.14. The molecule has 3 N–H and O–H groups in total. The first-order valence-electron chi connectivity index (χ1n) is 6.20. The summed E-state index contributed by atoms with van der Waals surface area (Å²) in [6.45, 7) is 5.87. The van der Waals surface area contributed by atoms with Crippen molar-refractivity contribution < 1.29 is 14.7 Å². The van der Waals surface area contributed by atoms with Gasteiger partial charge in [0.25, 0.3) is 0 Å². The Balaban J connectivity index is 2.34. The first-order valence-corrected chi connectivity index (χ1v) is 6.20. The molecule has 98 valence electrons. The maximum Gasteiger partial charge on any atom is 0.325 e. The van der Waals surface area contributed by atoms with Gasteiger partial charge < -0.3 is 15.7 Å². The van der Waals surface area contributed by atoms with Gasteiger partial charge in [-0.05, 0) is 38.0 Å². The van der Waals surface area contributed by atoms with E-state index in [4.69, 9.17) is 5.11 Å². The van der Waals surface area contributed by atoms with Crippen LogP contribution in [0.4, 0.5) is 4.79 Å². The molecule has 4 unspecified atom stereocenters. The molecule has 0 spiro atoms. The number of aliphatic carboxylic acids is 1. The largest absolute Gasteiger partial charge is 0.480 e. The number of carboxylic acids is 1. The molecule has 0 bridgehead atoms. The Labute approximate surface area is 102 Å². The predicted octanol–water partition coefficient (Wildman–Crippen LogP) is 1.58. The van der Waals surface area contributed by atoms with E-state index in [1.54, 1.807) is 0 Å². The molecule has 1 rings (SSSR count). The van der Waals surface area contributed by atoms with Crippen LogP contribution >= 0.6 is 0 Å². The average molecular weight is 242 g/mol. The molecule has 1 aliphatic carbocycles. The lowest BCUT2D eigenvalue weighted by molar-refractivity contribution is -0.138. The number of urea groups is 1. The third kappa shape index (κ3) is 4.24. The minimum atomic E-state index is -1.02. The maximum atomic E-state index is 11.5. The van der Waals surface area contributed by atoms with Crippen LogP contribution in [0.2, 0.25) is 0 Å². The van der Waals surface area contributed by atoms with Crippen molar-refractivity contribution in [2.75, 3.05) is 0 Å². The summed E-state index contributed by atoms with van der Waals surface area (Å²) in [7, 11) is 0. The summed E-state index contributed by atoms with van der Waals surface area (Å²) >= 11 is 0. The van der Waals surface area contributed by atoms with E-state index < -0.39 is 12.0 Å². The normalized spacial score (nSPS) is 30.4. The topological polar surface area (TPSA) is 78.4 Å². The minimum absolute atomic E-state index is 0.169. The number of hydrogen-bond donors (Lipinski definition) is 3. The van der Waals surface area contributed by atoms with E-state index in [-0.39, 0.29) is 12.1 Å². The SMILES string of the molecule is CC(NC(=O)NC1CCC(C)C(C)C1)C(=O)O. The Morgan fingerprint density at radius 1 is 1.24 bits per heavy atom. The molecule has 5 heteroatoms. The van der Waals surface area contributed by atoms with Crippen LogP contribution in [0.5, 0.6) is 0 Å². The van der Waals surface area contributed by atoms with Crippen molar-refractivity contribution in [2.24, 2.45) is 11.8 Å². The van der Waals surface area contributed by atoms with Gasteiger partial charge in [-0.3, -0.25) is 4.79 Å². The fraction of sp³-hybridized carbons (Fsp3) is 0.833. The van der Waals surface area contributed by atoms with Crippen LogP contribution < -0.4 is 10.6 Å². The van der Waals surface area contributed by atoms with Gasteiger partial charge in [0.15, 0.2) is 0 Å². The molecule has 1 saturated carbocycles. The van der Waals surface area contributed by atoms with Crippen LogP contribution in [0.1, 0.15) is 40.0 Å². The van der Waals surface area contributed by atoms with Gasteiger partial charge in [-0.15, -0.1) is 0 Å². The van der Waals surface area contributed by atoms with Crippen LogP contribution in [0.25, 0.3) is 0 Å². The number of hydrogen-bond acceptors (Lipinski definition) is 2. The zero-order valence-corrected chi connectivity index (χ0v) is 10.7. The van der Waals surface area contributed by atoms with E-state index >= 15 is 0 Å². The molecule has 17 heavy (non-hydrogen) atoms. The third-order valence-electron chi connectivity index (χ3n) is 3.65. The van der Waals surface area contributed by atoms with Crippen LogP contribution in [0.15, 0.2) is 0 Å². The highest BCUT2D eigenvalue weighted by molar-refractivity contribution is 5.82. The summed E-state index contributed by atoms with van der Waals surface area (Å²) in [5.74, 6) is 0.283. The number of nitrogens with one attached hydrogen (secondary N) is 2. The van der Waals surface area contributed by atoms with Crippen molar-refractivity contribution in [1.29, 1.82) is 0 Å². The summed E-state index contributed by atoms with van der Waals surface area (Å²) in [5, 5.41) is 13.9. The lowest BCUT2D eigenvalue weighted by Crippen LogP contribution is -2.49. The van der Waals surface area contributed by atoms with Crippen LogP contribution in [0, 0.1) is 11.8 Å². The summed E-state index contributed by atoms with van der Waals surface area (Å²) in [4.78, 5) is 22.1. The summed E-state index contributed by atoms with van der Waals surface area (Å²) in [6.07, 6.45) is 3.05. The van der Waals surface area contributed by atoms with Crippen LogP contribution in [-0.2, 0) is 4.79 Å². The van der Waals surface area contributed by atoms with Crippen molar-refractivity contribution in [1.82, 2.24) is 10.6 Å². The molecular weight excluding hydrogens is 220 g/mol. The Morgan fingerprint density at radius 2 is 1.88 bits per heavy atom. The number of carbonyl (C=O) groups excluding carboxylic acids is 1. The van der Waals surface area contributed by atoms with E-state index in [0.29, 0.717) is 11.8 Å². The molecule has 5 nitrogen and oxygen atoms in total. The van der Waals surface area contributed by atoms with Crippen molar-refractivity contribution in [3.8, 4) is 0 Å². The van der Waals surface area contributed by atoms with E-state index in [1.165, 1.54) is 6.92 Å². The van der Waals surface area contributed by atoms with Gasteiger partial charge in [-0.2, -0.15) is 0 Å². The molecule has 0 radical (unpaired) electrons. The van der Waals surface area contributed by atoms with Crippen LogP contribution in [-0.4, -0.2) is 29.2 Å². The van der Waals surface area contributed by atoms with Crippen molar-refractivity contribution >= 4 is 12.0 Å². The van der Waals surface area contributed by atoms with E-state index in [0.717, 1.165) is 19.3 Å². The Hall–Kier alpha value is -1.26. The molecule has 0 aromatic rings. The molecule has 0 aromatic carbocycles. The van der Waals surface area contributed by atoms with Crippen molar-refractivity contribution in [2.45, 2.75) is 52.1 Å². The Bertz CT molecular complexity index is 293. The average Bonchev–Trinajstić information content (AvgIpc) is 2.23. The van der Waals surface area contributed by atoms with Crippen molar-refractivity contribution in [3.63, 3.8) is 0 Å². The van der Waals surface area contributed by atoms with Crippen LogP contribution in [0.3, 0.4) is 0 Å². The molecule has 1 fully saturated rings. The molecule has 0 aliphatic heterocycles. The van der Waals surface area contributed by atoms with Gasteiger partial charge in [0.1, 0.15) is 6.04 Å². The zero-order chi connectivity index (χ0) is 13.0. The maximum absolute atomic E-state index is 11.5. The van der Waals surface area contributed by atoms with Gasteiger partial charge in [0.2, 0.25) is 0 Å². The zero-order valence-electron chi connectivity index (χ0n) is 10.7. The molecule has 0 heterocycles. The van der Waals surface area contributed by atoms with E-state index in [1.807, 2.05) is 0 Å². The highest BCUT2D eigenvalue weighted by atomic mass is 16.4. The monoisotopic (exact) mass is 242 g/mol. The molecule has 0 saturated heterocycles. The molecule has 1 aliphatic rings. The summed E-state index contributed by atoms with van der Waals surface area (Å²) in [6, 6.07) is -1.07. The molecule has 2 amide bonds. The fourth-order valence-electron chi connectivity index (χ4n) is 2.16. The summed E-state index contributed by atoms with van der Waals surface area (Å²) in [5.41, 5.74) is 0. The molecule has 0 aromatic heterocycles. The molecular formula is C12H22N2O3. The second kappa shape index (κ2) is 5.89. The minimum Gasteiger partial charge on any atom is -0.480 e. The van der Waals surface area contributed by atoms with Gasteiger partial charge in [0.05, 0.1) is 0 Å². The smallest absolute Gasteiger partial charge is 0.325 e. The third-order valence-corrected chi connectivity index (χ3v) is 3.65.